The predicted molar refractivity (Wildman–Crippen MR) is 82.1 cm³/mol. The number of aryl methyl sites for hydroxylation is 2. The Morgan fingerprint density at radius 3 is 1.90 bits per heavy atom. The number of sulfonamides is 2. The maximum atomic E-state index is 12.1. The van der Waals surface area contributed by atoms with Crippen molar-refractivity contribution < 1.29 is 16.8 Å². The summed E-state index contributed by atoms with van der Waals surface area (Å²) in [5.74, 6) is 0. The molecule has 1 aromatic rings. The van der Waals surface area contributed by atoms with Crippen LogP contribution in [0.5, 0.6) is 0 Å². The van der Waals surface area contributed by atoms with E-state index in [4.69, 9.17) is 5.14 Å². The van der Waals surface area contributed by atoms with E-state index in [9.17, 15) is 16.8 Å². The van der Waals surface area contributed by atoms with Crippen molar-refractivity contribution in [2.24, 2.45) is 5.14 Å². The van der Waals surface area contributed by atoms with E-state index in [0.29, 0.717) is 42.5 Å². The molecule has 0 atom stereocenters. The van der Waals surface area contributed by atoms with Gasteiger partial charge in [0, 0.05) is 0 Å². The summed E-state index contributed by atoms with van der Waals surface area (Å²) in [6.07, 6.45) is 2.37. The molecule has 0 saturated heterocycles. The van der Waals surface area contributed by atoms with Crippen LogP contribution in [0, 0.1) is 0 Å². The molecular weight excluding hydrogens is 312 g/mol. The highest BCUT2D eigenvalue weighted by molar-refractivity contribution is 7.93. The number of primary sulfonamides is 1. The predicted octanol–water partition coefficient (Wildman–Crippen LogP) is 1.36. The van der Waals surface area contributed by atoms with Gasteiger partial charge in [0.05, 0.1) is 15.8 Å². The van der Waals surface area contributed by atoms with Crippen molar-refractivity contribution in [2.75, 3.05) is 4.72 Å². The Bertz CT molecular complexity index is 725. The van der Waals surface area contributed by atoms with E-state index in [1.165, 1.54) is 12.1 Å². The van der Waals surface area contributed by atoms with Crippen LogP contribution in [0.1, 0.15) is 37.8 Å². The summed E-state index contributed by atoms with van der Waals surface area (Å²) in [7, 11) is -7.19. The van der Waals surface area contributed by atoms with Crippen molar-refractivity contribution in [3.63, 3.8) is 0 Å². The van der Waals surface area contributed by atoms with E-state index in [0.717, 1.165) is 0 Å². The first-order chi connectivity index (χ1) is 9.69. The second kappa shape index (κ2) is 5.58. The van der Waals surface area contributed by atoms with Gasteiger partial charge in [-0.15, -0.1) is 0 Å². The van der Waals surface area contributed by atoms with Crippen LogP contribution in [0.4, 0.5) is 5.69 Å². The summed E-state index contributed by atoms with van der Waals surface area (Å²) in [6.45, 7) is 3.69. The third-order valence-corrected chi connectivity index (χ3v) is 6.30. The number of nitrogens with one attached hydrogen (secondary N) is 1. The maximum absolute atomic E-state index is 12.1. The van der Waals surface area contributed by atoms with E-state index in [1.807, 2.05) is 13.8 Å². The van der Waals surface area contributed by atoms with E-state index in [2.05, 4.69) is 4.72 Å². The van der Waals surface area contributed by atoms with E-state index in [1.54, 1.807) is 0 Å². The molecule has 0 bridgehead atoms. The zero-order chi connectivity index (χ0) is 15.8. The van der Waals surface area contributed by atoms with Crippen LogP contribution in [-0.2, 0) is 32.9 Å². The fourth-order valence-electron chi connectivity index (χ4n) is 2.19. The van der Waals surface area contributed by atoms with Crippen molar-refractivity contribution >= 4 is 25.7 Å². The van der Waals surface area contributed by atoms with Crippen LogP contribution >= 0.6 is 0 Å². The quantitative estimate of drug-likeness (QED) is 0.820. The van der Waals surface area contributed by atoms with Crippen LogP contribution in [-0.4, -0.2) is 22.1 Å². The van der Waals surface area contributed by atoms with Crippen LogP contribution in [0.15, 0.2) is 17.0 Å². The first kappa shape index (κ1) is 16.3. The lowest BCUT2D eigenvalue weighted by molar-refractivity contribution is 0.597. The Morgan fingerprint density at radius 1 is 1.10 bits per heavy atom. The number of nitrogens with two attached hydrogens (primary N) is 1. The molecule has 0 spiro atoms. The summed E-state index contributed by atoms with van der Waals surface area (Å²) in [5, 5.41) is 4.84. The lowest BCUT2D eigenvalue weighted by atomic mass is 10.0. The highest BCUT2D eigenvalue weighted by atomic mass is 32.2. The SMILES string of the molecule is CCc1cc(S(N)(=O)=O)cc(CC)c1NS(=O)(=O)C1CC1. The molecule has 2 rings (SSSR count). The Morgan fingerprint density at radius 2 is 1.57 bits per heavy atom. The monoisotopic (exact) mass is 332 g/mol. The van der Waals surface area contributed by atoms with Gasteiger partial charge < -0.3 is 0 Å². The van der Waals surface area contributed by atoms with Gasteiger partial charge in [0.25, 0.3) is 0 Å². The molecule has 0 radical (unpaired) electrons. The third kappa shape index (κ3) is 3.56. The van der Waals surface area contributed by atoms with Crippen LogP contribution in [0.25, 0.3) is 0 Å². The molecule has 1 aliphatic carbocycles. The van der Waals surface area contributed by atoms with Crippen molar-refractivity contribution in [2.45, 2.75) is 49.7 Å². The third-order valence-electron chi connectivity index (χ3n) is 3.57. The molecule has 8 heteroatoms. The van der Waals surface area contributed by atoms with Gasteiger partial charge in [-0.3, -0.25) is 4.72 Å². The van der Waals surface area contributed by atoms with Crippen molar-refractivity contribution in [1.82, 2.24) is 0 Å². The minimum absolute atomic E-state index is 0.0190. The number of anilines is 1. The van der Waals surface area contributed by atoms with Crippen molar-refractivity contribution in [1.29, 1.82) is 0 Å². The molecular formula is C13H20N2O4S2. The summed E-state index contributed by atoms with van der Waals surface area (Å²) in [6, 6.07) is 2.89. The molecule has 1 fully saturated rings. The Kier molecular flexibility index (Phi) is 4.32. The highest BCUT2D eigenvalue weighted by Crippen LogP contribution is 2.33. The zero-order valence-electron chi connectivity index (χ0n) is 12.1. The van der Waals surface area contributed by atoms with Gasteiger partial charge in [0.15, 0.2) is 0 Å². The average molecular weight is 332 g/mol. The average Bonchev–Trinajstić information content (AvgIpc) is 3.21. The molecule has 1 aromatic carbocycles. The normalized spacial score (nSPS) is 16.0. The lowest BCUT2D eigenvalue weighted by Gasteiger charge is -2.17. The Labute approximate surface area is 125 Å². The summed E-state index contributed by atoms with van der Waals surface area (Å²) < 4.78 is 49.9. The molecule has 0 aliphatic heterocycles. The largest absolute Gasteiger partial charge is 0.283 e. The molecule has 0 heterocycles. The standard InChI is InChI=1S/C13H20N2O4S2/c1-3-9-7-12(20(14,16)17)8-10(4-2)13(9)15-21(18,19)11-5-6-11/h7-8,11,15H,3-6H2,1-2H3,(H2,14,16,17). The molecule has 0 amide bonds. The van der Waals surface area contributed by atoms with Gasteiger partial charge in [-0.05, 0) is 48.9 Å². The second-order valence-electron chi connectivity index (χ2n) is 5.22. The molecule has 6 nitrogen and oxygen atoms in total. The minimum Gasteiger partial charge on any atom is -0.283 e. The van der Waals surface area contributed by atoms with Gasteiger partial charge in [-0.2, -0.15) is 0 Å². The van der Waals surface area contributed by atoms with Crippen LogP contribution < -0.4 is 9.86 Å². The lowest BCUT2D eigenvalue weighted by Crippen LogP contribution is -2.20. The molecule has 3 N–H and O–H groups in total. The number of rotatable bonds is 6. The Hall–Kier alpha value is -1.12. The number of hydrogen-bond acceptors (Lipinski definition) is 4. The summed E-state index contributed by atoms with van der Waals surface area (Å²) in [5.41, 5.74) is 1.78. The molecule has 0 unspecified atom stereocenters. The fraction of sp³-hybridized carbons (Fsp3) is 0.538. The zero-order valence-corrected chi connectivity index (χ0v) is 13.7. The molecule has 1 aliphatic rings. The van der Waals surface area contributed by atoms with E-state index >= 15 is 0 Å². The minimum atomic E-state index is -3.81. The smallest absolute Gasteiger partial charge is 0.238 e. The molecule has 118 valence electrons. The summed E-state index contributed by atoms with van der Waals surface area (Å²) in [4.78, 5) is 0.0190. The molecule has 0 aromatic heterocycles. The first-order valence-corrected chi connectivity index (χ1v) is 9.98. The summed E-state index contributed by atoms with van der Waals surface area (Å²) >= 11 is 0. The topological polar surface area (TPSA) is 106 Å². The number of hydrogen-bond donors (Lipinski definition) is 2. The van der Waals surface area contributed by atoms with E-state index in [-0.39, 0.29) is 10.1 Å². The van der Waals surface area contributed by atoms with Gasteiger partial charge in [0.2, 0.25) is 20.0 Å². The van der Waals surface area contributed by atoms with Crippen LogP contribution in [0.2, 0.25) is 0 Å². The highest BCUT2D eigenvalue weighted by Gasteiger charge is 2.36. The number of benzene rings is 1. The second-order valence-corrected chi connectivity index (χ2v) is 8.74. The van der Waals surface area contributed by atoms with Gasteiger partial charge in [0.1, 0.15) is 0 Å². The fourth-order valence-corrected chi connectivity index (χ4v) is 4.28. The van der Waals surface area contributed by atoms with Gasteiger partial charge >= 0.3 is 0 Å². The van der Waals surface area contributed by atoms with Gasteiger partial charge in [-0.25, -0.2) is 22.0 Å². The van der Waals surface area contributed by atoms with Crippen LogP contribution in [0.3, 0.4) is 0 Å². The molecule has 21 heavy (non-hydrogen) atoms. The van der Waals surface area contributed by atoms with Crippen molar-refractivity contribution in [3.05, 3.63) is 23.3 Å². The molecule has 1 saturated carbocycles. The van der Waals surface area contributed by atoms with Gasteiger partial charge in [-0.1, -0.05) is 13.8 Å². The van der Waals surface area contributed by atoms with E-state index < -0.39 is 20.0 Å². The first-order valence-electron chi connectivity index (χ1n) is 6.89. The Balaban J connectivity index is 2.54. The van der Waals surface area contributed by atoms with Crippen molar-refractivity contribution in [3.8, 4) is 0 Å². The maximum Gasteiger partial charge on any atom is 0.238 e.